The molecule has 132 valence electrons. The third-order valence-corrected chi connectivity index (χ3v) is 5.53. The third kappa shape index (κ3) is 4.08. The Kier molecular flexibility index (Phi) is 5.20. The summed E-state index contributed by atoms with van der Waals surface area (Å²) in [5, 5.41) is 2.84. The number of anilines is 1. The normalized spacial score (nSPS) is 14.6. The summed E-state index contributed by atoms with van der Waals surface area (Å²) in [5.41, 5.74) is 4.26. The predicted octanol–water partition coefficient (Wildman–Crippen LogP) is 2.70. The molecule has 1 amide bonds. The average Bonchev–Trinajstić information content (AvgIpc) is 2.59. The second-order valence-electron chi connectivity index (χ2n) is 6.32. The molecule has 6 heteroatoms. The minimum Gasteiger partial charge on any atom is -0.482 e. The van der Waals surface area contributed by atoms with Gasteiger partial charge in [-0.2, -0.15) is 0 Å². The van der Waals surface area contributed by atoms with Crippen LogP contribution < -0.4 is 10.1 Å². The van der Waals surface area contributed by atoms with Crippen molar-refractivity contribution in [2.75, 3.05) is 26.0 Å². The SMILES string of the molecule is Cc1cc(S(=O)N(C)C)ccc1CCc1ccc2c(c1)NC(=O)CO2. The van der Waals surface area contributed by atoms with E-state index in [2.05, 4.69) is 11.4 Å². The zero-order valence-corrected chi connectivity index (χ0v) is 15.5. The Morgan fingerprint density at radius 2 is 1.96 bits per heavy atom. The maximum Gasteiger partial charge on any atom is 0.262 e. The second-order valence-corrected chi connectivity index (χ2v) is 8.02. The minimum absolute atomic E-state index is 0.0756. The number of aryl methyl sites for hydroxylation is 3. The molecule has 1 aliphatic rings. The van der Waals surface area contributed by atoms with Crippen molar-refractivity contribution >= 4 is 22.6 Å². The van der Waals surface area contributed by atoms with Crippen molar-refractivity contribution in [3.05, 3.63) is 53.1 Å². The summed E-state index contributed by atoms with van der Waals surface area (Å²) in [6, 6.07) is 11.9. The summed E-state index contributed by atoms with van der Waals surface area (Å²) in [4.78, 5) is 12.3. The van der Waals surface area contributed by atoms with Gasteiger partial charge in [0.25, 0.3) is 5.91 Å². The van der Waals surface area contributed by atoms with Crippen LogP contribution in [0.5, 0.6) is 5.75 Å². The molecular formula is C19H22N2O3S. The van der Waals surface area contributed by atoms with Gasteiger partial charge in [-0.25, -0.2) is 8.51 Å². The Balaban J connectivity index is 1.71. The van der Waals surface area contributed by atoms with Gasteiger partial charge in [0, 0.05) is 0 Å². The zero-order valence-electron chi connectivity index (χ0n) is 14.7. The van der Waals surface area contributed by atoms with Crippen molar-refractivity contribution < 1.29 is 13.7 Å². The van der Waals surface area contributed by atoms with Crippen LogP contribution in [-0.4, -0.2) is 35.1 Å². The van der Waals surface area contributed by atoms with Crippen molar-refractivity contribution in [2.24, 2.45) is 0 Å². The first kappa shape index (κ1) is 17.6. The van der Waals surface area contributed by atoms with Crippen LogP contribution in [0.4, 0.5) is 5.69 Å². The monoisotopic (exact) mass is 358 g/mol. The van der Waals surface area contributed by atoms with E-state index in [4.69, 9.17) is 4.74 Å². The third-order valence-electron chi connectivity index (χ3n) is 4.21. The van der Waals surface area contributed by atoms with Gasteiger partial charge in [0.15, 0.2) is 6.61 Å². The fourth-order valence-corrected chi connectivity index (χ4v) is 3.72. The smallest absolute Gasteiger partial charge is 0.262 e. The van der Waals surface area contributed by atoms with E-state index in [1.165, 1.54) is 5.56 Å². The van der Waals surface area contributed by atoms with Gasteiger partial charge in [0.05, 0.1) is 10.6 Å². The van der Waals surface area contributed by atoms with Gasteiger partial charge in [0.2, 0.25) is 0 Å². The van der Waals surface area contributed by atoms with Crippen molar-refractivity contribution in [3.8, 4) is 5.75 Å². The molecule has 5 nitrogen and oxygen atoms in total. The molecule has 2 aromatic carbocycles. The highest BCUT2D eigenvalue weighted by atomic mass is 32.2. The van der Waals surface area contributed by atoms with E-state index in [9.17, 15) is 9.00 Å². The Morgan fingerprint density at radius 1 is 1.16 bits per heavy atom. The number of hydrogen-bond donors (Lipinski definition) is 1. The van der Waals surface area contributed by atoms with Crippen LogP contribution in [0.15, 0.2) is 41.3 Å². The average molecular weight is 358 g/mol. The summed E-state index contributed by atoms with van der Waals surface area (Å²) in [6.45, 7) is 2.12. The molecule has 0 fully saturated rings. The summed E-state index contributed by atoms with van der Waals surface area (Å²) in [6.07, 6.45) is 1.74. The fourth-order valence-electron chi connectivity index (χ4n) is 2.83. The van der Waals surface area contributed by atoms with E-state index >= 15 is 0 Å². The Labute approximate surface area is 150 Å². The zero-order chi connectivity index (χ0) is 18.0. The van der Waals surface area contributed by atoms with Gasteiger partial charge < -0.3 is 10.1 Å². The maximum atomic E-state index is 12.1. The van der Waals surface area contributed by atoms with Crippen molar-refractivity contribution in [2.45, 2.75) is 24.7 Å². The molecule has 0 radical (unpaired) electrons. The van der Waals surface area contributed by atoms with Gasteiger partial charge in [-0.1, -0.05) is 12.1 Å². The van der Waals surface area contributed by atoms with E-state index in [-0.39, 0.29) is 12.5 Å². The Morgan fingerprint density at radius 3 is 2.68 bits per heavy atom. The van der Waals surface area contributed by atoms with Crippen LogP contribution >= 0.6 is 0 Å². The van der Waals surface area contributed by atoms with Crippen LogP contribution in [0.3, 0.4) is 0 Å². The molecule has 0 spiro atoms. The summed E-state index contributed by atoms with van der Waals surface area (Å²) < 4.78 is 19.2. The van der Waals surface area contributed by atoms with Gasteiger partial charge in [-0.3, -0.25) is 4.79 Å². The second kappa shape index (κ2) is 7.37. The number of benzene rings is 2. The van der Waals surface area contributed by atoms with E-state index in [0.717, 1.165) is 40.3 Å². The van der Waals surface area contributed by atoms with Crippen molar-refractivity contribution in [1.29, 1.82) is 0 Å². The molecule has 0 aliphatic carbocycles. The standard InChI is InChI=1S/C19H22N2O3S/c1-13-10-16(25(23)21(2)3)8-7-15(13)6-4-14-5-9-18-17(11-14)20-19(22)12-24-18/h5,7-11H,4,6,12H2,1-3H3,(H,20,22). The highest BCUT2D eigenvalue weighted by Gasteiger charge is 2.16. The van der Waals surface area contributed by atoms with Crippen molar-refractivity contribution in [3.63, 3.8) is 0 Å². The number of fused-ring (bicyclic) bond motifs is 1. The lowest BCUT2D eigenvalue weighted by Gasteiger charge is -2.18. The number of nitrogens with zero attached hydrogens (tertiary/aromatic N) is 1. The summed E-state index contributed by atoms with van der Waals surface area (Å²) in [5.74, 6) is 0.597. The first-order chi connectivity index (χ1) is 11.9. The lowest BCUT2D eigenvalue weighted by atomic mass is 10.00. The predicted molar refractivity (Wildman–Crippen MR) is 99.2 cm³/mol. The van der Waals surface area contributed by atoms with Gasteiger partial charge in [-0.15, -0.1) is 0 Å². The van der Waals surface area contributed by atoms with Crippen LogP contribution in [0, 0.1) is 6.92 Å². The fraction of sp³-hybridized carbons (Fsp3) is 0.316. The molecule has 1 N–H and O–H groups in total. The molecule has 2 aromatic rings. The molecule has 1 heterocycles. The van der Waals surface area contributed by atoms with Crippen LogP contribution in [-0.2, 0) is 28.6 Å². The van der Waals surface area contributed by atoms with Crippen molar-refractivity contribution in [1.82, 2.24) is 4.31 Å². The highest BCUT2D eigenvalue weighted by molar-refractivity contribution is 7.82. The molecule has 1 atom stereocenters. The molecule has 0 bridgehead atoms. The van der Waals surface area contributed by atoms with Gasteiger partial charge in [0.1, 0.15) is 16.7 Å². The molecule has 1 aliphatic heterocycles. The largest absolute Gasteiger partial charge is 0.482 e. The lowest BCUT2D eigenvalue weighted by Crippen LogP contribution is -2.25. The first-order valence-corrected chi connectivity index (χ1v) is 9.29. The molecule has 0 saturated heterocycles. The van der Waals surface area contributed by atoms with Crippen LogP contribution in [0.1, 0.15) is 16.7 Å². The van der Waals surface area contributed by atoms with E-state index < -0.39 is 11.0 Å². The molecule has 0 aromatic heterocycles. The Bertz CT molecular complexity index is 833. The number of rotatable bonds is 5. The van der Waals surface area contributed by atoms with Gasteiger partial charge in [-0.05, 0) is 74.8 Å². The van der Waals surface area contributed by atoms with Crippen LogP contribution in [0.2, 0.25) is 0 Å². The number of hydrogen-bond acceptors (Lipinski definition) is 3. The number of carbonyl (C=O) groups is 1. The number of nitrogens with one attached hydrogen (secondary N) is 1. The molecule has 25 heavy (non-hydrogen) atoms. The van der Waals surface area contributed by atoms with E-state index in [1.54, 1.807) is 18.4 Å². The quantitative estimate of drug-likeness (QED) is 0.894. The lowest BCUT2D eigenvalue weighted by molar-refractivity contribution is -0.118. The van der Waals surface area contributed by atoms with E-state index in [1.807, 2.05) is 37.3 Å². The maximum absolute atomic E-state index is 12.1. The summed E-state index contributed by atoms with van der Waals surface area (Å²) in [7, 11) is 2.49. The topological polar surface area (TPSA) is 58.6 Å². The molecular weight excluding hydrogens is 336 g/mol. The first-order valence-electron chi connectivity index (χ1n) is 8.18. The molecule has 1 unspecified atom stereocenters. The van der Waals surface area contributed by atoms with E-state index in [0.29, 0.717) is 0 Å². The van der Waals surface area contributed by atoms with Crippen LogP contribution in [0.25, 0.3) is 0 Å². The number of carbonyl (C=O) groups excluding carboxylic acids is 1. The highest BCUT2D eigenvalue weighted by Crippen LogP contribution is 2.29. The molecule has 3 rings (SSSR count). The molecule has 0 saturated carbocycles. The minimum atomic E-state index is -1.12. The number of ether oxygens (including phenoxy) is 1. The summed E-state index contributed by atoms with van der Waals surface area (Å²) >= 11 is 0. The Hall–Kier alpha value is -2.18. The number of amides is 1. The van der Waals surface area contributed by atoms with Gasteiger partial charge >= 0.3 is 0 Å².